The lowest BCUT2D eigenvalue weighted by molar-refractivity contribution is -0.141. The number of hydrogen-bond acceptors (Lipinski definition) is 5. The number of anilines is 2. The van der Waals surface area contributed by atoms with Crippen LogP contribution < -0.4 is 10.6 Å². The van der Waals surface area contributed by atoms with Gasteiger partial charge in [-0.15, -0.1) is 0 Å². The molecule has 1 amide bonds. The smallest absolute Gasteiger partial charge is 0.308 e. The Morgan fingerprint density at radius 3 is 2.82 bits per heavy atom. The van der Waals surface area contributed by atoms with Crippen LogP contribution in [-0.2, 0) is 9.59 Å². The highest BCUT2D eigenvalue weighted by Crippen LogP contribution is 2.23. The number of aromatic nitrogens is 2. The zero-order valence-electron chi connectivity index (χ0n) is 9.25. The van der Waals surface area contributed by atoms with Crippen LogP contribution in [0.2, 0.25) is 0 Å². The van der Waals surface area contributed by atoms with Crippen molar-refractivity contribution in [2.75, 3.05) is 17.2 Å². The van der Waals surface area contributed by atoms with Gasteiger partial charge >= 0.3 is 5.97 Å². The third kappa shape index (κ3) is 2.17. The van der Waals surface area contributed by atoms with Crippen LogP contribution in [0, 0.1) is 12.8 Å². The Morgan fingerprint density at radius 1 is 1.59 bits per heavy atom. The van der Waals surface area contributed by atoms with E-state index in [4.69, 9.17) is 10.8 Å². The number of nitrogens with zero attached hydrogens (tertiary/aromatic N) is 3. The number of carbonyl (C=O) groups is 2. The molecule has 0 aromatic carbocycles. The summed E-state index contributed by atoms with van der Waals surface area (Å²) in [6.07, 6.45) is -0.0213. The maximum atomic E-state index is 11.7. The molecule has 7 heteroatoms. The van der Waals surface area contributed by atoms with Gasteiger partial charge in [-0.05, 0) is 6.92 Å². The van der Waals surface area contributed by atoms with E-state index in [1.807, 2.05) is 0 Å². The summed E-state index contributed by atoms with van der Waals surface area (Å²) in [5, 5.41) is 8.86. The van der Waals surface area contributed by atoms with Crippen molar-refractivity contribution in [3.63, 3.8) is 0 Å². The molecular weight excluding hydrogens is 224 g/mol. The lowest BCUT2D eigenvalue weighted by Gasteiger charge is -2.14. The molecule has 1 aliphatic rings. The summed E-state index contributed by atoms with van der Waals surface area (Å²) in [5.74, 6) is -1.54. The van der Waals surface area contributed by atoms with E-state index in [1.54, 1.807) is 13.0 Å². The van der Waals surface area contributed by atoms with Crippen molar-refractivity contribution in [2.24, 2.45) is 5.92 Å². The van der Waals surface area contributed by atoms with Gasteiger partial charge in [0.1, 0.15) is 5.82 Å². The first-order valence-corrected chi connectivity index (χ1v) is 5.11. The molecule has 1 aromatic rings. The molecule has 0 aliphatic carbocycles. The zero-order chi connectivity index (χ0) is 12.6. The van der Waals surface area contributed by atoms with Crippen molar-refractivity contribution in [2.45, 2.75) is 13.3 Å². The van der Waals surface area contributed by atoms with Gasteiger partial charge in [-0.3, -0.25) is 14.5 Å². The number of hydrogen-bond donors (Lipinski definition) is 2. The molecule has 1 atom stereocenters. The van der Waals surface area contributed by atoms with Crippen molar-refractivity contribution in [1.29, 1.82) is 0 Å². The van der Waals surface area contributed by atoms with Crippen molar-refractivity contribution < 1.29 is 14.7 Å². The van der Waals surface area contributed by atoms with Crippen molar-refractivity contribution in [1.82, 2.24) is 9.97 Å². The summed E-state index contributed by atoms with van der Waals surface area (Å²) in [7, 11) is 0. The SMILES string of the molecule is Cc1cc(N)nc(N2CC(C(=O)O)CC2=O)n1. The third-order valence-electron chi connectivity index (χ3n) is 2.58. The minimum absolute atomic E-state index is 0.0213. The quantitative estimate of drug-likeness (QED) is 0.736. The van der Waals surface area contributed by atoms with Gasteiger partial charge in [0, 0.05) is 24.7 Å². The third-order valence-corrected chi connectivity index (χ3v) is 2.58. The summed E-state index contributed by atoms with van der Waals surface area (Å²) in [6, 6.07) is 1.58. The zero-order valence-corrected chi connectivity index (χ0v) is 9.25. The fourth-order valence-electron chi connectivity index (χ4n) is 1.76. The van der Waals surface area contributed by atoms with E-state index in [1.165, 1.54) is 4.90 Å². The number of aryl methyl sites for hydroxylation is 1. The summed E-state index contributed by atoms with van der Waals surface area (Å²) in [6.45, 7) is 1.83. The summed E-state index contributed by atoms with van der Waals surface area (Å²) >= 11 is 0. The predicted octanol–water partition coefficient (Wildman–Crippen LogP) is -0.195. The van der Waals surface area contributed by atoms with E-state index in [-0.39, 0.29) is 30.6 Å². The minimum Gasteiger partial charge on any atom is -0.481 e. The molecule has 3 N–H and O–H groups in total. The Labute approximate surface area is 97.3 Å². The molecule has 0 radical (unpaired) electrons. The number of carboxylic acids is 1. The maximum Gasteiger partial charge on any atom is 0.308 e. The molecule has 1 aliphatic heterocycles. The molecule has 2 heterocycles. The molecule has 90 valence electrons. The highest BCUT2D eigenvalue weighted by atomic mass is 16.4. The average molecular weight is 236 g/mol. The lowest BCUT2D eigenvalue weighted by atomic mass is 10.1. The second-order valence-corrected chi connectivity index (χ2v) is 3.98. The second kappa shape index (κ2) is 4.00. The van der Waals surface area contributed by atoms with Crippen LogP contribution in [0.5, 0.6) is 0 Å². The predicted molar refractivity (Wildman–Crippen MR) is 59.3 cm³/mol. The molecular formula is C10H12N4O3. The minimum atomic E-state index is -0.985. The second-order valence-electron chi connectivity index (χ2n) is 3.98. The Kier molecular flexibility index (Phi) is 2.66. The highest BCUT2D eigenvalue weighted by Gasteiger charge is 2.36. The van der Waals surface area contributed by atoms with Crippen LogP contribution in [0.15, 0.2) is 6.07 Å². The van der Waals surface area contributed by atoms with Crippen LogP contribution in [0.4, 0.5) is 11.8 Å². The first kappa shape index (κ1) is 11.3. The molecule has 7 nitrogen and oxygen atoms in total. The van der Waals surface area contributed by atoms with Gasteiger partial charge in [-0.1, -0.05) is 0 Å². The van der Waals surface area contributed by atoms with E-state index in [0.29, 0.717) is 5.69 Å². The number of nitrogens with two attached hydrogens (primary N) is 1. The van der Waals surface area contributed by atoms with Gasteiger partial charge < -0.3 is 10.8 Å². The Morgan fingerprint density at radius 2 is 2.29 bits per heavy atom. The molecule has 0 bridgehead atoms. The first-order chi connectivity index (χ1) is 7.97. The molecule has 1 fully saturated rings. The molecule has 1 aromatic heterocycles. The number of carbonyl (C=O) groups excluding carboxylic acids is 1. The monoisotopic (exact) mass is 236 g/mol. The molecule has 1 saturated heterocycles. The topological polar surface area (TPSA) is 109 Å². The van der Waals surface area contributed by atoms with Crippen molar-refractivity contribution in [3.05, 3.63) is 11.8 Å². The van der Waals surface area contributed by atoms with E-state index < -0.39 is 11.9 Å². The van der Waals surface area contributed by atoms with E-state index in [9.17, 15) is 9.59 Å². The van der Waals surface area contributed by atoms with Gasteiger partial charge in [0.05, 0.1) is 5.92 Å². The fourth-order valence-corrected chi connectivity index (χ4v) is 1.76. The first-order valence-electron chi connectivity index (χ1n) is 5.11. The molecule has 17 heavy (non-hydrogen) atoms. The molecule has 1 unspecified atom stereocenters. The van der Waals surface area contributed by atoms with Crippen LogP contribution in [0.3, 0.4) is 0 Å². The molecule has 2 rings (SSSR count). The number of aliphatic carboxylic acids is 1. The van der Waals surface area contributed by atoms with E-state index >= 15 is 0 Å². The largest absolute Gasteiger partial charge is 0.481 e. The van der Waals surface area contributed by atoms with Gasteiger partial charge in [0.25, 0.3) is 0 Å². The van der Waals surface area contributed by atoms with Crippen LogP contribution in [-0.4, -0.2) is 33.5 Å². The van der Waals surface area contributed by atoms with E-state index in [0.717, 1.165) is 0 Å². The van der Waals surface area contributed by atoms with E-state index in [2.05, 4.69) is 9.97 Å². The summed E-state index contributed by atoms with van der Waals surface area (Å²) in [5.41, 5.74) is 6.20. The number of amides is 1. The van der Waals surface area contributed by atoms with Crippen molar-refractivity contribution in [3.8, 4) is 0 Å². The number of nitrogen functional groups attached to an aromatic ring is 1. The molecule has 0 spiro atoms. The fraction of sp³-hybridized carbons (Fsp3) is 0.400. The Balaban J connectivity index is 2.28. The Bertz CT molecular complexity index is 468. The average Bonchev–Trinajstić information content (AvgIpc) is 2.59. The summed E-state index contributed by atoms with van der Waals surface area (Å²) < 4.78 is 0. The number of carboxylic acid groups (broad SMARTS) is 1. The van der Waals surface area contributed by atoms with Gasteiger partial charge in [0.15, 0.2) is 0 Å². The Hall–Kier alpha value is -2.18. The molecule has 0 saturated carbocycles. The van der Waals surface area contributed by atoms with Crippen molar-refractivity contribution >= 4 is 23.6 Å². The van der Waals surface area contributed by atoms with Gasteiger partial charge in [-0.25, -0.2) is 4.98 Å². The van der Waals surface area contributed by atoms with Gasteiger partial charge in [0.2, 0.25) is 11.9 Å². The lowest BCUT2D eigenvalue weighted by Crippen LogP contribution is -2.28. The summed E-state index contributed by atoms with van der Waals surface area (Å²) in [4.78, 5) is 31.8. The van der Waals surface area contributed by atoms with Crippen LogP contribution in [0.1, 0.15) is 12.1 Å². The normalized spacial score (nSPS) is 19.7. The highest BCUT2D eigenvalue weighted by molar-refractivity contribution is 5.97. The standard InChI is InChI=1S/C10H12N4O3/c1-5-2-7(11)13-10(12-5)14-4-6(9(16)17)3-8(14)15/h2,6H,3-4H2,1H3,(H,16,17)(H2,11,12,13). The van der Waals surface area contributed by atoms with Crippen LogP contribution >= 0.6 is 0 Å². The number of rotatable bonds is 2. The maximum absolute atomic E-state index is 11.7. The van der Waals surface area contributed by atoms with Gasteiger partial charge in [-0.2, -0.15) is 4.98 Å². The van der Waals surface area contributed by atoms with Crippen LogP contribution in [0.25, 0.3) is 0 Å².